The molecule has 0 radical (unpaired) electrons. The van der Waals surface area contributed by atoms with Gasteiger partial charge in [0.15, 0.2) is 0 Å². The number of nitrogens with one attached hydrogen (secondary N) is 1. The lowest BCUT2D eigenvalue weighted by Gasteiger charge is -2.31. The van der Waals surface area contributed by atoms with Crippen LogP contribution in [0.3, 0.4) is 0 Å². The topological polar surface area (TPSA) is 52.6 Å². The third-order valence-electron chi connectivity index (χ3n) is 4.24. The van der Waals surface area contributed by atoms with Crippen LogP contribution in [0.5, 0.6) is 0 Å². The molecule has 1 aromatic carbocycles. The van der Waals surface area contributed by atoms with Crippen LogP contribution in [-0.4, -0.2) is 35.6 Å². The molecule has 1 aliphatic heterocycles. The molecule has 122 valence electrons. The highest BCUT2D eigenvalue weighted by molar-refractivity contribution is 5.94. The summed E-state index contributed by atoms with van der Waals surface area (Å²) in [7, 11) is 0. The lowest BCUT2D eigenvalue weighted by molar-refractivity contribution is -0.123. The quantitative estimate of drug-likeness (QED) is 0.899. The standard InChI is InChI=1S/C18H28N2O2/c1-18(2,3)17(22)19-16-6-4-5-15(11-16)12-20-9-7-14(13-21)8-10-20/h4-6,11,14,21H,7-10,12-13H2,1-3H3,(H,19,22). The SMILES string of the molecule is CC(C)(C)C(=O)Nc1cccc(CN2CCC(CO)CC2)c1. The average molecular weight is 304 g/mol. The van der Waals surface area contributed by atoms with Gasteiger partial charge in [0.2, 0.25) is 5.91 Å². The van der Waals surface area contributed by atoms with Gasteiger partial charge in [-0.1, -0.05) is 32.9 Å². The van der Waals surface area contributed by atoms with E-state index in [1.165, 1.54) is 5.56 Å². The highest BCUT2D eigenvalue weighted by atomic mass is 16.3. The minimum absolute atomic E-state index is 0.0356. The van der Waals surface area contributed by atoms with E-state index in [9.17, 15) is 9.90 Å². The molecule has 0 unspecified atom stereocenters. The summed E-state index contributed by atoms with van der Waals surface area (Å²) < 4.78 is 0. The van der Waals surface area contributed by atoms with Crippen molar-refractivity contribution in [2.24, 2.45) is 11.3 Å². The van der Waals surface area contributed by atoms with Crippen molar-refractivity contribution in [3.8, 4) is 0 Å². The molecule has 4 nitrogen and oxygen atoms in total. The highest BCUT2D eigenvalue weighted by Crippen LogP contribution is 2.21. The van der Waals surface area contributed by atoms with Crippen LogP contribution in [0.1, 0.15) is 39.2 Å². The Balaban J connectivity index is 1.93. The van der Waals surface area contributed by atoms with Crippen LogP contribution in [0.25, 0.3) is 0 Å². The normalized spacial score (nSPS) is 17.5. The fourth-order valence-corrected chi connectivity index (χ4v) is 2.65. The smallest absolute Gasteiger partial charge is 0.229 e. The lowest BCUT2D eigenvalue weighted by atomic mass is 9.95. The second kappa shape index (κ2) is 7.25. The molecule has 1 amide bonds. The number of anilines is 1. The number of aliphatic hydroxyl groups is 1. The van der Waals surface area contributed by atoms with Gasteiger partial charge in [0.1, 0.15) is 0 Å². The van der Waals surface area contributed by atoms with Crippen LogP contribution in [0.15, 0.2) is 24.3 Å². The zero-order valence-electron chi connectivity index (χ0n) is 13.9. The molecule has 1 heterocycles. The molecule has 1 aliphatic rings. The van der Waals surface area contributed by atoms with Gasteiger partial charge in [-0.05, 0) is 49.5 Å². The highest BCUT2D eigenvalue weighted by Gasteiger charge is 2.21. The first-order valence-corrected chi connectivity index (χ1v) is 8.12. The van der Waals surface area contributed by atoms with Gasteiger partial charge in [0.25, 0.3) is 0 Å². The van der Waals surface area contributed by atoms with E-state index >= 15 is 0 Å². The first-order chi connectivity index (χ1) is 10.4. The van der Waals surface area contributed by atoms with E-state index < -0.39 is 0 Å². The molecule has 22 heavy (non-hydrogen) atoms. The fourth-order valence-electron chi connectivity index (χ4n) is 2.65. The van der Waals surface area contributed by atoms with Crippen molar-refractivity contribution in [2.75, 3.05) is 25.0 Å². The third kappa shape index (κ3) is 4.82. The van der Waals surface area contributed by atoms with Crippen LogP contribution >= 0.6 is 0 Å². The Hall–Kier alpha value is -1.39. The van der Waals surface area contributed by atoms with Gasteiger partial charge in [-0.25, -0.2) is 0 Å². The first kappa shape index (κ1) is 17.0. The minimum atomic E-state index is -0.387. The number of rotatable bonds is 4. The number of likely N-dealkylation sites (tertiary alicyclic amines) is 1. The number of amides is 1. The van der Waals surface area contributed by atoms with Crippen LogP contribution in [0.4, 0.5) is 5.69 Å². The number of nitrogens with zero attached hydrogens (tertiary/aromatic N) is 1. The summed E-state index contributed by atoms with van der Waals surface area (Å²) in [5, 5.41) is 12.2. The van der Waals surface area contributed by atoms with Crippen LogP contribution in [0, 0.1) is 11.3 Å². The minimum Gasteiger partial charge on any atom is -0.396 e. The van der Waals surface area contributed by atoms with Crippen LogP contribution in [-0.2, 0) is 11.3 Å². The second-order valence-electron chi connectivity index (χ2n) is 7.31. The largest absolute Gasteiger partial charge is 0.396 e. The van der Waals surface area contributed by atoms with E-state index in [2.05, 4.69) is 22.3 Å². The molecule has 2 rings (SSSR count). The second-order valence-corrected chi connectivity index (χ2v) is 7.31. The maximum Gasteiger partial charge on any atom is 0.229 e. The predicted molar refractivity (Wildman–Crippen MR) is 89.6 cm³/mol. The molecular weight excluding hydrogens is 276 g/mol. The van der Waals surface area contributed by atoms with Crippen molar-refractivity contribution >= 4 is 11.6 Å². The Morgan fingerprint density at radius 3 is 2.59 bits per heavy atom. The summed E-state index contributed by atoms with van der Waals surface area (Å²) in [5.41, 5.74) is 1.69. The summed E-state index contributed by atoms with van der Waals surface area (Å²) in [4.78, 5) is 14.5. The molecule has 0 spiro atoms. The average Bonchev–Trinajstić information content (AvgIpc) is 2.47. The van der Waals surface area contributed by atoms with Crippen molar-refractivity contribution in [1.29, 1.82) is 0 Å². The Labute approximate surface area is 133 Å². The molecular formula is C18H28N2O2. The monoisotopic (exact) mass is 304 g/mol. The number of hydrogen-bond acceptors (Lipinski definition) is 3. The van der Waals surface area contributed by atoms with Gasteiger partial charge in [-0.15, -0.1) is 0 Å². The number of piperidine rings is 1. The fraction of sp³-hybridized carbons (Fsp3) is 0.611. The van der Waals surface area contributed by atoms with Gasteiger partial charge in [0.05, 0.1) is 0 Å². The van der Waals surface area contributed by atoms with Crippen molar-refractivity contribution < 1.29 is 9.90 Å². The van der Waals surface area contributed by atoms with E-state index in [4.69, 9.17) is 0 Å². The Bertz CT molecular complexity index is 500. The summed E-state index contributed by atoms with van der Waals surface area (Å²) in [5.74, 6) is 0.502. The van der Waals surface area contributed by atoms with E-state index in [1.807, 2.05) is 32.9 Å². The Kier molecular flexibility index (Phi) is 5.59. The molecule has 0 aromatic heterocycles. The molecule has 2 N–H and O–H groups in total. The predicted octanol–water partition coefficient (Wildman–Crippen LogP) is 2.88. The van der Waals surface area contributed by atoms with Crippen LogP contribution in [0.2, 0.25) is 0 Å². The van der Waals surface area contributed by atoms with Gasteiger partial charge in [0, 0.05) is 24.3 Å². The van der Waals surface area contributed by atoms with Gasteiger partial charge < -0.3 is 10.4 Å². The maximum absolute atomic E-state index is 12.1. The van der Waals surface area contributed by atoms with E-state index in [0.717, 1.165) is 38.2 Å². The van der Waals surface area contributed by atoms with E-state index in [-0.39, 0.29) is 11.3 Å². The zero-order chi connectivity index (χ0) is 16.2. The number of hydrogen-bond donors (Lipinski definition) is 2. The third-order valence-corrected chi connectivity index (χ3v) is 4.24. The zero-order valence-corrected chi connectivity index (χ0v) is 13.9. The van der Waals surface area contributed by atoms with Crippen molar-refractivity contribution in [2.45, 2.75) is 40.2 Å². The van der Waals surface area contributed by atoms with Crippen molar-refractivity contribution in [1.82, 2.24) is 4.90 Å². The molecule has 0 atom stereocenters. The van der Waals surface area contributed by atoms with Gasteiger partial charge in [-0.2, -0.15) is 0 Å². The Morgan fingerprint density at radius 1 is 1.32 bits per heavy atom. The van der Waals surface area contributed by atoms with Crippen molar-refractivity contribution in [3.63, 3.8) is 0 Å². The maximum atomic E-state index is 12.1. The molecule has 0 bridgehead atoms. The van der Waals surface area contributed by atoms with Gasteiger partial charge >= 0.3 is 0 Å². The summed E-state index contributed by atoms with van der Waals surface area (Å²) >= 11 is 0. The molecule has 1 aromatic rings. The number of carbonyl (C=O) groups excluding carboxylic acids is 1. The van der Waals surface area contributed by atoms with Crippen molar-refractivity contribution in [3.05, 3.63) is 29.8 Å². The lowest BCUT2D eigenvalue weighted by Crippen LogP contribution is -2.34. The molecule has 1 fully saturated rings. The molecule has 0 saturated carbocycles. The van der Waals surface area contributed by atoms with E-state index in [0.29, 0.717) is 12.5 Å². The summed E-state index contributed by atoms with van der Waals surface area (Å²) in [6.45, 7) is 9.01. The summed E-state index contributed by atoms with van der Waals surface area (Å²) in [6, 6.07) is 8.09. The van der Waals surface area contributed by atoms with Crippen LogP contribution < -0.4 is 5.32 Å². The molecule has 0 aliphatic carbocycles. The molecule has 4 heteroatoms. The molecule has 1 saturated heterocycles. The first-order valence-electron chi connectivity index (χ1n) is 8.12. The Morgan fingerprint density at radius 2 is 2.00 bits per heavy atom. The number of aliphatic hydroxyl groups excluding tert-OH is 1. The van der Waals surface area contributed by atoms with E-state index in [1.54, 1.807) is 0 Å². The number of benzene rings is 1. The number of carbonyl (C=O) groups is 1. The summed E-state index contributed by atoms with van der Waals surface area (Å²) in [6.07, 6.45) is 2.13. The van der Waals surface area contributed by atoms with Gasteiger partial charge in [-0.3, -0.25) is 9.69 Å².